The van der Waals surface area contributed by atoms with E-state index >= 15 is 0 Å². The van der Waals surface area contributed by atoms with Gasteiger partial charge in [-0.2, -0.15) is 10.2 Å². The molecular formula is C14H19N3. The van der Waals surface area contributed by atoms with Gasteiger partial charge in [0.15, 0.2) is 0 Å². The lowest BCUT2D eigenvalue weighted by atomic mass is 10.00. The fourth-order valence-corrected chi connectivity index (χ4v) is 1.88. The largest absolute Gasteiger partial charge is 0.382 e. The summed E-state index contributed by atoms with van der Waals surface area (Å²) in [5.74, 6) is 0.495. The Kier molecular flexibility index (Phi) is 3.27. The van der Waals surface area contributed by atoms with Gasteiger partial charge in [0.05, 0.1) is 11.7 Å². The van der Waals surface area contributed by atoms with Crippen molar-refractivity contribution in [1.29, 1.82) is 0 Å². The molecule has 2 aromatic rings. The molecule has 0 unspecified atom stereocenters. The van der Waals surface area contributed by atoms with Crippen molar-refractivity contribution >= 4 is 16.6 Å². The third kappa shape index (κ3) is 2.54. The van der Waals surface area contributed by atoms with Gasteiger partial charge in [0, 0.05) is 17.1 Å². The predicted molar refractivity (Wildman–Crippen MR) is 72.4 cm³/mol. The maximum absolute atomic E-state index is 4.20. The molecule has 0 spiro atoms. The van der Waals surface area contributed by atoms with E-state index in [0.717, 1.165) is 16.6 Å². The fraction of sp³-hybridized carbons (Fsp3) is 0.429. The standard InChI is InChI=1S/C14H19N3/c1-9(2)11-7-13(16-10(3)4)12-5-6-15-17-14(12)8-11/h5-10,16H,1-4H3. The highest BCUT2D eigenvalue weighted by Gasteiger charge is 2.08. The quantitative estimate of drug-likeness (QED) is 0.874. The molecule has 0 amide bonds. The number of hydrogen-bond donors (Lipinski definition) is 1. The predicted octanol–water partition coefficient (Wildman–Crippen LogP) is 3.57. The summed E-state index contributed by atoms with van der Waals surface area (Å²) in [7, 11) is 0. The molecule has 3 heteroatoms. The van der Waals surface area contributed by atoms with Crippen LogP contribution in [0.15, 0.2) is 24.4 Å². The van der Waals surface area contributed by atoms with Crippen molar-refractivity contribution in [1.82, 2.24) is 10.2 Å². The molecule has 90 valence electrons. The van der Waals surface area contributed by atoms with E-state index in [1.807, 2.05) is 6.07 Å². The topological polar surface area (TPSA) is 37.8 Å². The van der Waals surface area contributed by atoms with Crippen LogP contribution in [0.25, 0.3) is 10.9 Å². The van der Waals surface area contributed by atoms with Gasteiger partial charge in [-0.1, -0.05) is 13.8 Å². The number of anilines is 1. The van der Waals surface area contributed by atoms with Crippen molar-refractivity contribution in [2.45, 2.75) is 39.7 Å². The molecule has 0 saturated heterocycles. The third-order valence-corrected chi connectivity index (χ3v) is 2.76. The number of aromatic nitrogens is 2. The minimum Gasteiger partial charge on any atom is -0.382 e. The summed E-state index contributed by atoms with van der Waals surface area (Å²) in [6.45, 7) is 8.67. The van der Waals surface area contributed by atoms with Gasteiger partial charge in [0.1, 0.15) is 0 Å². The maximum Gasteiger partial charge on any atom is 0.0953 e. The lowest BCUT2D eigenvalue weighted by Crippen LogP contribution is -2.10. The first-order valence-corrected chi connectivity index (χ1v) is 6.10. The highest BCUT2D eigenvalue weighted by Crippen LogP contribution is 2.27. The maximum atomic E-state index is 4.20. The van der Waals surface area contributed by atoms with Gasteiger partial charge in [0.25, 0.3) is 0 Å². The van der Waals surface area contributed by atoms with Gasteiger partial charge >= 0.3 is 0 Å². The Morgan fingerprint density at radius 3 is 2.53 bits per heavy atom. The number of fused-ring (bicyclic) bond motifs is 1. The summed E-state index contributed by atoms with van der Waals surface area (Å²) >= 11 is 0. The average molecular weight is 229 g/mol. The zero-order valence-corrected chi connectivity index (χ0v) is 10.9. The molecule has 1 heterocycles. The smallest absolute Gasteiger partial charge is 0.0953 e. The second kappa shape index (κ2) is 4.70. The first-order valence-electron chi connectivity index (χ1n) is 6.10. The van der Waals surface area contributed by atoms with Crippen LogP contribution in [0, 0.1) is 0 Å². The summed E-state index contributed by atoms with van der Waals surface area (Å²) in [5, 5.41) is 12.8. The molecule has 0 aliphatic rings. The Morgan fingerprint density at radius 1 is 1.12 bits per heavy atom. The Bertz CT molecular complexity index is 518. The number of nitrogens with zero attached hydrogens (tertiary/aromatic N) is 2. The number of hydrogen-bond acceptors (Lipinski definition) is 3. The molecule has 0 bridgehead atoms. The Hall–Kier alpha value is -1.64. The molecule has 2 rings (SSSR count). The van der Waals surface area contributed by atoms with Crippen LogP contribution < -0.4 is 5.32 Å². The number of rotatable bonds is 3. The summed E-state index contributed by atoms with van der Waals surface area (Å²) in [6.07, 6.45) is 1.74. The second-order valence-electron chi connectivity index (χ2n) is 4.99. The number of nitrogens with one attached hydrogen (secondary N) is 1. The molecule has 1 N–H and O–H groups in total. The Labute approximate surface area is 102 Å². The first kappa shape index (κ1) is 11.8. The molecule has 0 aliphatic heterocycles. The highest BCUT2D eigenvalue weighted by atomic mass is 15.1. The van der Waals surface area contributed by atoms with Crippen molar-refractivity contribution in [2.75, 3.05) is 5.32 Å². The van der Waals surface area contributed by atoms with Crippen LogP contribution in [-0.2, 0) is 0 Å². The zero-order chi connectivity index (χ0) is 12.4. The lowest BCUT2D eigenvalue weighted by molar-refractivity contribution is 0.862. The van der Waals surface area contributed by atoms with Gasteiger partial charge in [-0.25, -0.2) is 0 Å². The lowest BCUT2D eigenvalue weighted by Gasteiger charge is -2.15. The van der Waals surface area contributed by atoms with E-state index in [0.29, 0.717) is 12.0 Å². The third-order valence-electron chi connectivity index (χ3n) is 2.76. The van der Waals surface area contributed by atoms with Crippen LogP contribution in [0.5, 0.6) is 0 Å². The number of benzene rings is 1. The van der Waals surface area contributed by atoms with E-state index in [4.69, 9.17) is 0 Å². The van der Waals surface area contributed by atoms with Gasteiger partial charge in [0.2, 0.25) is 0 Å². The minimum atomic E-state index is 0.411. The highest BCUT2D eigenvalue weighted by molar-refractivity contribution is 5.91. The van der Waals surface area contributed by atoms with E-state index in [1.165, 1.54) is 5.56 Å². The van der Waals surface area contributed by atoms with E-state index in [2.05, 4.69) is 55.3 Å². The Morgan fingerprint density at radius 2 is 1.88 bits per heavy atom. The van der Waals surface area contributed by atoms with E-state index in [1.54, 1.807) is 6.20 Å². The van der Waals surface area contributed by atoms with Crippen molar-refractivity contribution in [2.24, 2.45) is 0 Å². The van der Waals surface area contributed by atoms with Gasteiger partial charge in [-0.05, 0) is 43.5 Å². The van der Waals surface area contributed by atoms with Gasteiger partial charge < -0.3 is 5.32 Å². The molecule has 1 aromatic carbocycles. The van der Waals surface area contributed by atoms with Crippen LogP contribution >= 0.6 is 0 Å². The molecule has 3 nitrogen and oxygen atoms in total. The van der Waals surface area contributed by atoms with Crippen LogP contribution in [-0.4, -0.2) is 16.2 Å². The van der Waals surface area contributed by atoms with Crippen molar-refractivity contribution in [3.8, 4) is 0 Å². The van der Waals surface area contributed by atoms with Crippen molar-refractivity contribution in [3.05, 3.63) is 30.0 Å². The summed E-state index contributed by atoms with van der Waals surface area (Å²) in [4.78, 5) is 0. The molecule has 1 aromatic heterocycles. The van der Waals surface area contributed by atoms with Gasteiger partial charge in [-0.15, -0.1) is 0 Å². The monoisotopic (exact) mass is 229 g/mol. The van der Waals surface area contributed by atoms with Crippen LogP contribution in [0.4, 0.5) is 5.69 Å². The SMILES string of the molecule is CC(C)Nc1cc(C(C)C)cc2nnccc12. The molecule has 0 aliphatic carbocycles. The zero-order valence-electron chi connectivity index (χ0n) is 10.9. The Balaban J connectivity index is 2.60. The fourth-order valence-electron chi connectivity index (χ4n) is 1.88. The minimum absolute atomic E-state index is 0.411. The van der Waals surface area contributed by atoms with Crippen molar-refractivity contribution < 1.29 is 0 Å². The van der Waals surface area contributed by atoms with E-state index < -0.39 is 0 Å². The van der Waals surface area contributed by atoms with E-state index in [-0.39, 0.29) is 0 Å². The average Bonchev–Trinajstić information content (AvgIpc) is 2.28. The molecular weight excluding hydrogens is 210 g/mol. The van der Waals surface area contributed by atoms with Crippen molar-refractivity contribution in [3.63, 3.8) is 0 Å². The summed E-state index contributed by atoms with van der Waals surface area (Å²) in [6, 6.07) is 6.76. The van der Waals surface area contributed by atoms with Gasteiger partial charge in [-0.3, -0.25) is 0 Å². The molecule has 0 radical (unpaired) electrons. The molecule has 0 saturated carbocycles. The van der Waals surface area contributed by atoms with Crippen LogP contribution in [0.3, 0.4) is 0 Å². The first-order chi connectivity index (χ1) is 8.08. The second-order valence-corrected chi connectivity index (χ2v) is 4.99. The van der Waals surface area contributed by atoms with Crippen LogP contribution in [0.1, 0.15) is 39.2 Å². The normalized spacial score (nSPS) is 11.4. The molecule has 17 heavy (non-hydrogen) atoms. The summed E-state index contributed by atoms with van der Waals surface area (Å²) in [5.41, 5.74) is 3.40. The van der Waals surface area contributed by atoms with E-state index in [9.17, 15) is 0 Å². The van der Waals surface area contributed by atoms with Crippen LogP contribution in [0.2, 0.25) is 0 Å². The molecule has 0 fully saturated rings. The molecule has 0 atom stereocenters. The summed E-state index contributed by atoms with van der Waals surface area (Å²) < 4.78 is 0.